The van der Waals surface area contributed by atoms with Gasteiger partial charge in [-0.25, -0.2) is 4.79 Å². The Morgan fingerprint density at radius 2 is 1.69 bits per heavy atom. The molecule has 2 saturated carbocycles. The number of carbonyl (C=O) groups excluding carboxylic acids is 4. The number of esters is 1. The highest BCUT2D eigenvalue weighted by molar-refractivity contribution is 6.08. The minimum absolute atomic E-state index is 0.159. The fourth-order valence-electron chi connectivity index (χ4n) is 5.39. The number of carbonyl (C=O) groups is 4. The first-order valence-corrected chi connectivity index (χ1v) is 12.0. The number of hydrogen-bond acceptors (Lipinski definition) is 5. The second-order valence-electron chi connectivity index (χ2n) is 11.1. The largest absolute Gasteiger partial charge is 0.454 e. The Bertz CT molecular complexity index is 743. The minimum atomic E-state index is -0.909. The van der Waals surface area contributed by atoms with Crippen molar-refractivity contribution in [2.24, 2.45) is 17.3 Å². The fourth-order valence-corrected chi connectivity index (χ4v) is 5.39. The maximum absolute atomic E-state index is 13.0. The van der Waals surface area contributed by atoms with E-state index >= 15 is 0 Å². The van der Waals surface area contributed by atoms with Crippen LogP contribution in [0.2, 0.25) is 0 Å². The summed E-state index contributed by atoms with van der Waals surface area (Å²) in [5.74, 6) is -0.178. The van der Waals surface area contributed by atoms with Crippen LogP contribution in [0.3, 0.4) is 0 Å². The van der Waals surface area contributed by atoms with Crippen LogP contribution in [0.15, 0.2) is 0 Å². The van der Waals surface area contributed by atoms with Crippen molar-refractivity contribution in [1.29, 1.82) is 0 Å². The molecule has 3 aliphatic rings. The highest BCUT2D eigenvalue weighted by Gasteiger charge is 2.53. The SMILES string of the molecule is CC1CCC(N(C)C(=O)COC(=O)CN2C(=O)NC3(CCC(C(C)(C)C)CC3)C2=O)CC1. The van der Waals surface area contributed by atoms with Crippen LogP contribution in [-0.2, 0) is 19.1 Å². The summed E-state index contributed by atoms with van der Waals surface area (Å²) in [7, 11) is 1.74. The lowest BCUT2D eigenvalue weighted by molar-refractivity contribution is -0.154. The molecule has 0 aromatic heterocycles. The van der Waals surface area contributed by atoms with E-state index in [1.807, 2.05) is 0 Å². The van der Waals surface area contributed by atoms with Gasteiger partial charge < -0.3 is 15.0 Å². The van der Waals surface area contributed by atoms with Gasteiger partial charge >= 0.3 is 12.0 Å². The summed E-state index contributed by atoms with van der Waals surface area (Å²) in [6.45, 7) is 7.97. The van der Waals surface area contributed by atoms with Crippen LogP contribution in [0.25, 0.3) is 0 Å². The zero-order chi connectivity index (χ0) is 23.7. The topological polar surface area (TPSA) is 96.0 Å². The number of nitrogens with zero attached hydrogens (tertiary/aromatic N) is 2. The van der Waals surface area contributed by atoms with Crippen molar-refractivity contribution in [1.82, 2.24) is 15.1 Å². The first-order valence-electron chi connectivity index (χ1n) is 12.0. The lowest BCUT2D eigenvalue weighted by atomic mass is 9.67. The van der Waals surface area contributed by atoms with Crippen molar-refractivity contribution >= 4 is 23.8 Å². The average Bonchev–Trinajstić information content (AvgIpc) is 2.95. The molecular weight excluding hydrogens is 410 g/mol. The molecule has 2 aliphatic carbocycles. The number of rotatable bonds is 5. The van der Waals surface area contributed by atoms with Crippen molar-refractivity contribution < 1.29 is 23.9 Å². The summed E-state index contributed by atoms with van der Waals surface area (Å²) in [6, 6.07) is -0.382. The number of imide groups is 1. The third-order valence-electron chi connectivity index (χ3n) is 7.88. The minimum Gasteiger partial charge on any atom is -0.454 e. The van der Waals surface area contributed by atoms with Crippen LogP contribution in [0.1, 0.15) is 79.1 Å². The Morgan fingerprint density at radius 1 is 1.09 bits per heavy atom. The lowest BCUT2D eigenvalue weighted by Crippen LogP contribution is -2.50. The second kappa shape index (κ2) is 9.40. The smallest absolute Gasteiger partial charge is 0.326 e. The molecule has 1 spiro atoms. The van der Waals surface area contributed by atoms with Gasteiger partial charge in [-0.05, 0) is 68.6 Å². The van der Waals surface area contributed by atoms with Crippen LogP contribution in [0.5, 0.6) is 0 Å². The van der Waals surface area contributed by atoms with Gasteiger partial charge in [0.2, 0.25) is 0 Å². The molecule has 3 fully saturated rings. The highest BCUT2D eigenvalue weighted by Crippen LogP contribution is 2.43. The molecule has 32 heavy (non-hydrogen) atoms. The average molecular weight is 450 g/mol. The zero-order valence-electron chi connectivity index (χ0n) is 20.2. The van der Waals surface area contributed by atoms with Crippen molar-refractivity contribution in [2.45, 2.75) is 90.6 Å². The van der Waals surface area contributed by atoms with Crippen molar-refractivity contribution in [3.05, 3.63) is 0 Å². The molecule has 3 rings (SSSR count). The van der Waals surface area contributed by atoms with E-state index in [9.17, 15) is 19.2 Å². The van der Waals surface area contributed by atoms with Gasteiger partial charge in [0.25, 0.3) is 11.8 Å². The number of likely N-dealkylation sites (N-methyl/N-ethyl adjacent to an activating group) is 1. The van der Waals surface area contributed by atoms with Crippen LogP contribution in [0, 0.1) is 17.3 Å². The standard InChI is InChI=1S/C24H39N3O5/c1-16-6-8-18(9-7-16)26(5)19(28)15-32-20(29)14-27-21(30)24(25-22(27)31)12-10-17(11-13-24)23(2,3)4/h16-18H,6-15H2,1-5H3,(H,25,31). The fraction of sp³-hybridized carbons (Fsp3) is 0.833. The van der Waals surface area contributed by atoms with Crippen molar-refractivity contribution in [3.63, 3.8) is 0 Å². The Labute approximate surface area is 191 Å². The number of amides is 4. The molecule has 1 aliphatic heterocycles. The molecule has 180 valence electrons. The number of ether oxygens (including phenoxy) is 1. The third-order valence-corrected chi connectivity index (χ3v) is 7.88. The molecule has 0 unspecified atom stereocenters. The predicted molar refractivity (Wildman–Crippen MR) is 120 cm³/mol. The lowest BCUT2D eigenvalue weighted by Gasteiger charge is -2.40. The van der Waals surface area contributed by atoms with Gasteiger partial charge in [0, 0.05) is 13.1 Å². The summed E-state index contributed by atoms with van der Waals surface area (Å²) in [5, 5.41) is 2.83. The van der Waals surface area contributed by atoms with E-state index in [-0.39, 0.29) is 29.9 Å². The molecule has 1 saturated heterocycles. The van der Waals surface area contributed by atoms with Crippen molar-refractivity contribution in [3.8, 4) is 0 Å². The van der Waals surface area contributed by atoms with E-state index < -0.39 is 24.1 Å². The normalized spacial score (nSPS) is 30.9. The van der Waals surface area contributed by atoms with Gasteiger partial charge in [-0.2, -0.15) is 0 Å². The molecule has 4 amide bonds. The van der Waals surface area contributed by atoms with Gasteiger partial charge in [-0.15, -0.1) is 0 Å². The second-order valence-corrected chi connectivity index (χ2v) is 11.1. The van der Waals surface area contributed by atoms with E-state index in [0.717, 1.165) is 43.4 Å². The van der Waals surface area contributed by atoms with Gasteiger partial charge in [-0.1, -0.05) is 27.7 Å². The van der Waals surface area contributed by atoms with Crippen LogP contribution < -0.4 is 5.32 Å². The summed E-state index contributed by atoms with van der Waals surface area (Å²) in [5.41, 5.74) is -0.750. The molecule has 0 bridgehead atoms. The monoisotopic (exact) mass is 449 g/mol. The molecule has 0 atom stereocenters. The maximum Gasteiger partial charge on any atom is 0.326 e. The van der Waals surface area contributed by atoms with Gasteiger partial charge in [0.1, 0.15) is 12.1 Å². The maximum atomic E-state index is 13.0. The Hall–Kier alpha value is -2.12. The Balaban J connectivity index is 1.48. The molecule has 0 aromatic carbocycles. The highest BCUT2D eigenvalue weighted by atomic mass is 16.5. The summed E-state index contributed by atoms with van der Waals surface area (Å²) >= 11 is 0. The Kier molecular flexibility index (Phi) is 7.20. The summed E-state index contributed by atoms with van der Waals surface area (Å²) in [6.07, 6.45) is 6.96. The van der Waals surface area contributed by atoms with Crippen LogP contribution in [-0.4, -0.2) is 65.4 Å². The first-order chi connectivity index (χ1) is 14.9. The molecule has 8 heteroatoms. The molecule has 1 N–H and O–H groups in total. The van der Waals surface area contributed by atoms with E-state index in [4.69, 9.17) is 4.74 Å². The predicted octanol–water partition coefficient (Wildman–Crippen LogP) is 3.09. The van der Waals surface area contributed by atoms with E-state index in [1.54, 1.807) is 11.9 Å². The first kappa shape index (κ1) is 24.5. The summed E-state index contributed by atoms with van der Waals surface area (Å²) < 4.78 is 5.13. The van der Waals surface area contributed by atoms with Crippen molar-refractivity contribution in [2.75, 3.05) is 20.2 Å². The molecule has 0 aromatic rings. The molecule has 8 nitrogen and oxygen atoms in total. The quantitative estimate of drug-likeness (QED) is 0.514. The third kappa shape index (κ3) is 5.26. The van der Waals surface area contributed by atoms with Crippen LogP contribution in [0.4, 0.5) is 4.79 Å². The van der Waals surface area contributed by atoms with E-state index in [0.29, 0.717) is 24.7 Å². The zero-order valence-corrected chi connectivity index (χ0v) is 20.2. The van der Waals surface area contributed by atoms with Gasteiger partial charge in [0.05, 0.1) is 0 Å². The van der Waals surface area contributed by atoms with Gasteiger partial charge in [-0.3, -0.25) is 19.3 Å². The molecular formula is C24H39N3O5. The Morgan fingerprint density at radius 3 is 2.25 bits per heavy atom. The van der Waals surface area contributed by atoms with Gasteiger partial charge in [0.15, 0.2) is 6.61 Å². The number of hydrogen-bond donors (Lipinski definition) is 1. The number of nitrogens with one attached hydrogen (secondary N) is 1. The van der Waals surface area contributed by atoms with E-state index in [1.165, 1.54) is 0 Å². The summed E-state index contributed by atoms with van der Waals surface area (Å²) in [4.78, 5) is 52.9. The van der Waals surface area contributed by atoms with E-state index in [2.05, 4.69) is 33.0 Å². The van der Waals surface area contributed by atoms with Crippen LogP contribution >= 0.6 is 0 Å². The molecule has 1 heterocycles. The number of urea groups is 1. The molecule has 0 radical (unpaired) electrons.